The van der Waals surface area contributed by atoms with Gasteiger partial charge in [-0.05, 0) is 60.1 Å². The number of nitrogens with one attached hydrogen (secondary N) is 1. The van der Waals surface area contributed by atoms with Crippen LogP contribution in [0.15, 0.2) is 36.4 Å². The first-order valence-corrected chi connectivity index (χ1v) is 13.4. The van der Waals surface area contributed by atoms with Crippen LogP contribution in [0.4, 0.5) is 0 Å². The van der Waals surface area contributed by atoms with Crippen LogP contribution >= 0.6 is 23.2 Å². The Morgan fingerprint density at radius 3 is 2.50 bits per heavy atom. The molecule has 0 radical (unpaired) electrons. The third kappa shape index (κ3) is 6.25. The number of piperidine rings is 1. The quantitative estimate of drug-likeness (QED) is 0.560. The third-order valence-corrected chi connectivity index (χ3v) is 8.40. The molecule has 1 heterocycles. The van der Waals surface area contributed by atoms with Gasteiger partial charge >= 0.3 is 0 Å². The fourth-order valence-electron chi connectivity index (χ4n) is 4.07. The molecule has 0 aliphatic carbocycles. The lowest BCUT2D eigenvalue weighted by Gasteiger charge is -2.31. The zero-order valence-electron chi connectivity index (χ0n) is 18.5. The largest absolute Gasteiger partial charge is 0.352 e. The lowest BCUT2D eigenvalue weighted by atomic mass is 9.97. The van der Waals surface area contributed by atoms with E-state index in [0.717, 1.165) is 18.4 Å². The molecule has 1 fully saturated rings. The molecule has 3 rings (SSSR count). The van der Waals surface area contributed by atoms with E-state index in [9.17, 15) is 13.2 Å². The van der Waals surface area contributed by atoms with Crippen molar-refractivity contribution in [3.8, 4) is 0 Å². The second-order valence-corrected chi connectivity index (χ2v) is 11.0. The number of sulfonamides is 1. The van der Waals surface area contributed by atoms with Crippen LogP contribution in [0, 0.1) is 5.92 Å². The minimum Gasteiger partial charge on any atom is -0.352 e. The summed E-state index contributed by atoms with van der Waals surface area (Å²) in [4.78, 5) is 12.9. The van der Waals surface area contributed by atoms with Crippen LogP contribution in [0.25, 0.3) is 0 Å². The Labute approximate surface area is 201 Å². The fraction of sp³-hybridized carbons (Fsp3) is 0.458. The van der Waals surface area contributed by atoms with Crippen molar-refractivity contribution in [1.82, 2.24) is 9.62 Å². The van der Waals surface area contributed by atoms with Gasteiger partial charge in [-0.15, -0.1) is 0 Å². The van der Waals surface area contributed by atoms with Gasteiger partial charge in [-0.25, -0.2) is 12.7 Å². The Morgan fingerprint density at radius 2 is 1.81 bits per heavy atom. The van der Waals surface area contributed by atoms with E-state index in [4.69, 9.17) is 23.2 Å². The molecule has 1 aliphatic rings. The molecule has 0 bridgehead atoms. The predicted octanol–water partition coefficient (Wildman–Crippen LogP) is 4.98. The number of benzene rings is 2. The van der Waals surface area contributed by atoms with Gasteiger partial charge in [0, 0.05) is 29.7 Å². The van der Waals surface area contributed by atoms with Crippen molar-refractivity contribution in [3.05, 3.63) is 68.7 Å². The van der Waals surface area contributed by atoms with E-state index in [1.54, 1.807) is 18.2 Å². The Kier molecular flexibility index (Phi) is 8.62. The summed E-state index contributed by atoms with van der Waals surface area (Å²) in [6, 6.07) is 11.2. The molecule has 2 aromatic rings. The van der Waals surface area contributed by atoms with E-state index < -0.39 is 10.0 Å². The van der Waals surface area contributed by atoms with E-state index in [0.29, 0.717) is 41.5 Å². The number of hydrogen-bond donors (Lipinski definition) is 1. The van der Waals surface area contributed by atoms with Crippen LogP contribution in [0.5, 0.6) is 0 Å². The molecule has 8 heteroatoms. The van der Waals surface area contributed by atoms with Crippen molar-refractivity contribution in [1.29, 1.82) is 0 Å². The maximum Gasteiger partial charge on any atom is 0.224 e. The highest BCUT2D eigenvalue weighted by molar-refractivity contribution is 7.88. The lowest BCUT2D eigenvalue weighted by Crippen LogP contribution is -2.45. The van der Waals surface area contributed by atoms with Crippen molar-refractivity contribution in [2.24, 2.45) is 5.92 Å². The van der Waals surface area contributed by atoms with Gasteiger partial charge in [0.25, 0.3) is 0 Å². The summed E-state index contributed by atoms with van der Waals surface area (Å²) in [5.41, 5.74) is 4.08. The Hall–Kier alpha value is -1.60. The number of aryl methyl sites for hydroxylation is 2. The predicted molar refractivity (Wildman–Crippen MR) is 130 cm³/mol. The van der Waals surface area contributed by atoms with Crippen molar-refractivity contribution in [2.75, 3.05) is 13.1 Å². The van der Waals surface area contributed by atoms with Gasteiger partial charge in [0.1, 0.15) is 0 Å². The molecular formula is C24H30Cl2N2O3S. The number of carbonyl (C=O) groups is 1. The highest BCUT2D eigenvalue weighted by Gasteiger charge is 2.32. The maximum absolute atomic E-state index is 13.0. The SMILES string of the molecule is CCc1ccc(CC)c(CNC(=O)[C@@H]2CCCN(S(=O)(=O)Cc3ccc(Cl)cc3Cl)C2)c1. The number of amides is 1. The first-order valence-electron chi connectivity index (χ1n) is 11.0. The highest BCUT2D eigenvalue weighted by atomic mass is 35.5. The maximum atomic E-state index is 13.0. The molecule has 1 aliphatic heterocycles. The lowest BCUT2D eigenvalue weighted by molar-refractivity contribution is -0.126. The highest BCUT2D eigenvalue weighted by Crippen LogP contribution is 2.26. The van der Waals surface area contributed by atoms with Crippen LogP contribution in [0.2, 0.25) is 10.0 Å². The second kappa shape index (κ2) is 11.0. The van der Waals surface area contributed by atoms with E-state index in [-0.39, 0.29) is 24.1 Å². The summed E-state index contributed by atoms with van der Waals surface area (Å²) in [7, 11) is -3.60. The number of carbonyl (C=O) groups excluding carboxylic acids is 1. The summed E-state index contributed by atoms with van der Waals surface area (Å²) < 4.78 is 27.4. The minimum atomic E-state index is -3.60. The van der Waals surface area contributed by atoms with Gasteiger partial charge < -0.3 is 5.32 Å². The van der Waals surface area contributed by atoms with Gasteiger partial charge in [-0.3, -0.25) is 4.79 Å². The number of nitrogens with zero attached hydrogens (tertiary/aromatic N) is 1. The molecule has 32 heavy (non-hydrogen) atoms. The molecule has 5 nitrogen and oxygen atoms in total. The van der Waals surface area contributed by atoms with Crippen LogP contribution < -0.4 is 5.32 Å². The number of rotatable bonds is 8. The average molecular weight is 497 g/mol. The Balaban J connectivity index is 1.64. The summed E-state index contributed by atoms with van der Waals surface area (Å²) in [5.74, 6) is -0.668. The first-order chi connectivity index (χ1) is 15.2. The molecule has 1 saturated heterocycles. The van der Waals surface area contributed by atoms with Gasteiger partial charge in [0.05, 0.1) is 11.7 Å². The van der Waals surface area contributed by atoms with Gasteiger partial charge in [-0.1, -0.05) is 61.3 Å². The summed E-state index contributed by atoms with van der Waals surface area (Å²) in [5, 5.41) is 3.82. The number of hydrogen-bond acceptors (Lipinski definition) is 3. The molecule has 0 spiro atoms. The molecule has 1 N–H and O–H groups in total. The van der Waals surface area contributed by atoms with Gasteiger partial charge in [0.2, 0.25) is 15.9 Å². The van der Waals surface area contributed by atoms with E-state index >= 15 is 0 Å². The molecule has 2 aromatic carbocycles. The Morgan fingerprint density at radius 1 is 1.06 bits per heavy atom. The van der Waals surface area contributed by atoms with E-state index in [1.807, 2.05) is 0 Å². The third-order valence-electron chi connectivity index (χ3n) is 6.01. The first kappa shape index (κ1) is 25.0. The normalized spacial score (nSPS) is 17.3. The van der Waals surface area contributed by atoms with E-state index in [1.165, 1.54) is 15.4 Å². The monoisotopic (exact) mass is 496 g/mol. The van der Waals surface area contributed by atoms with Crippen LogP contribution in [0.3, 0.4) is 0 Å². The molecule has 174 valence electrons. The smallest absolute Gasteiger partial charge is 0.224 e. The fourth-order valence-corrected chi connectivity index (χ4v) is 6.27. The molecule has 0 saturated carbocycles. The van der Waals surface area contributed by atoms with Crippen LogP contribution in [-0.2, 0) is 40.0 Å². The van der Waals surface area contributed by atoms with Crippen molar-refractivity contribution in [3.63, 3.8) is 0 Å². The molecule has 0 aromatic heterocycles. The summed E-state index contributed by atoms with van der Waals surface area (Å²) >= 11 is 12.1. The second-order valence-electron chi connectivity index (χ2n) is 8.22. The van der Waals surface area contributed by atoms with Gasteiger partial charge in [0.15, 0.2) is 0 Å². The summed E-state index contributed by atoms with van der Waals surface area (Å²) in [6.45, 7) is 5.27. The van der Waals surface area contributed by atoms with Crippen molar-refractivity contribution in [2.45, 2.75) is 51.8 Å². The zero-order valence-corrected chi connectivity index (χ0v) is 20.9. The molecule has 1 atom stereocenters. The van der Waals surface area contributed by atoms with Crippen molar-refractivity contribution >= 4 is 39.1 Å². The zero-order chi connectivity index (χ0) is 23.3. The minimum absolute atomic E-state index is 0.0987. The van der Waals surface area contributed by atoms with Gasteiger partial charge in [-0.2, -0.15) is 0 Å². The average Bonchev–Trinajstić information content (AvgIpc) is 2.79. The molecule has 1 amide bonds. The summed E-state index contributed by atoms with van der Waals surface area (Å²) in [6.07, 6.45) is 3.17. The van der Waals surface area contributed by atoms with Crippen molar-refractivity contribution < 1.29 is 13.2 Å². The molecular weight excluding hydrogens is 467 g/mol. The molecule has 0 unspecified atom stereocenters. The standard InChI is InChI=1S/C24H30Cl2N2O3S/c1-3-17-7-8-18(4-2)21(12-17)14-27-24(29)19-6-5-11-28(15-19)32(30,31)16-20-9-10-22(25)13-23(20)26/h7-10,12-13,19H,3-6,11,14-16H2,1-2H3,(H,27,29)/t19-/m1/s1. The van der Waals surface area contributed by atoms with Crippen LogP contribution in [-0.4, -0.2) is 31.7 Å². The Bertz CT molecular complexity index is 1070. The van der Waals surface area contributed by atoms with Crippen LogP contribution in [0.1, 0.15) is 48.9 Å². The van der Waals surface area contributed by atoms with E-state index in [2.05, 4.69) is 37.4 Å². The number of halogens is 2. The topological polar surface area (TPSA) is 66.5 Å².